The van der Waals surface area contributed by atoms with Gasteiger partial charge in [0, 0.05) is 23.4 Å². The average molecular weight is 591 g/mol. The fourth-order valence-electron chi connectivity index (χ4n) is 4.19. The van der Waals surface area contributed by atoms with Gasteiger partial charge in [-0.1, -0.05) is 32.9 Å². The van der Waals surface area contributed by atoms with Crippen LogP contribution in [-0.2, 0) is 28.0 Å². The maximum atomic E-state index is 14.5. The molecule has 0 saturated carbocycles. The summed E-state index contributed by atoms with van der Waals surface area (Å²) in [7, 11) is -3.64. The Bertz CT molecular complexity index is 1870. The van der Waals surface area contributed by atoms with Crippen LogP contribution in [-0.4, -0.2) is 19.2 Å². The lowest BCUT2D eigenvalue weighted by molar-refractivity contribution is -0.137. The van der Waals surface area contributed by atoms with Crippen LogP contribution in [0.3, 0.4) is 0 Å². The number of halogens is 5. The van der Waals surface area contributed by atoms with E-state index in [4.69, 9.17) is 4.42 Å². The molecule has 0 bridgehead atoms. The molecule has 2 aromatic heterocycles. The molecule has 0 aliphatic carbocycles. The highest BCUT2D eigenvalue weighted by Gasteiger charge is 2.37. The van der Waals surface area contributed by atoms with Crippen molar-refractivity contribution in [3.63, 3.8) is 0 Å². The normalized spacial score (nSPS) is 12.4. The maximum absolute atomic E-state index is 14.5. The van der Waals surface area contributed by atoms with E-state index in [1.807, 2.05) is 20.8 Å². The van der Waals surface area contributed by atoms with Crippen LogP contribution >= 0.6 is 0 Å². The maximum Gasteiger partial charge on any atom is 0.417 e. The smallest absolute Gasteiger partial charge is 0.417 e. The predicted molar refractivity (Wildman–Crippen MR) is 141 cm³/mol. The molecule has 12 heteroatoms. The zero-order valence-corrected chi connectivity index (χ0v) is 23.0. The molecule has 0 spiro atoms. The van der Waals surface area contributed by atoms with Crippen LogP contribution in [0.1, 0.15) is 43.0 Å². The predicted octanol–water partition coefficient (Wildman–Crippen LogP) is 6.69. The van der Waals surface area contributed by atoms with Crippen molar-refractivity contribution in [3.05, 3.63) is 99.0 Å². The highest BCUT2D eigenvalue weighted by Crippen LogP contribution is 2.37. The number of furan rings is 1. The minimum absolute atomic E-state index is 0.0177. The number of pyridine rings is 1. The van der Waals surface area contributed by atoms with Crippen LogP contribution in [0.15, 0.2) is 68.9 Å². The van der Waals surface area contributed by atoms with Crippen LogP contribution in [0.25, 0.3) is 22.6 Å². The molecule has 0 unspecified atom stereocenters. The third kappa shape index (κ3) is 6.10. The van der Waals surface area contributed by atoms with Gasteiger partial charge in [-0.15, -0.1) is 0 Å². The van der Waals surface area contributed by atoms with Gasteiger partial charge in [0.2, 0.25) is 0 Å². The first kappa shape index (κ1) is 29.7. The highest BCUT2D eigenvalue weighted by molar-refractivity contribution is 7.90. The summed E-state index contributed by atoms with van der Waals surface area (Å²) in [5.74, 6) is -2.18. The zero-order valence-electron chi connectivity index (χ0n) is 22.2. The average Bonchev–Trinajstić information content (AvgIpc) is 3.34. The van der Waals surface area contributed by atoms with Crippen LogP contribution in [0.5, 0.6) is 0 Å². The van der Waals surface area contributed by atoms with Gasteiger partial charge in [0.25, 0.3) is 5.56 Å². The molecule has 0 aliphatic rings. The lowest BCUT2D eigenvalue weighted by Gasteiger charge is -2.21. The zero-order chi connectivity index (χ0) is 30.5. The van der Waals surface area contributed by atoms with Crippen molar-refractivity contribution < 1.29 is 34.8 Å². The van der Waals surface area contributed by atoms with E-state index in [2.05, 4.69) is 0 Å². The summed E-state index contributed by atoms with van der Waals surface area (Å²) in [5, 5.41) is 9.38. The number of alkyl halides is 3. The molecule has 0 fully saturated rings. The van der Waals surface area contributed by atoms with Crippen molar-refractivity contribution in [2.45, 2.75) is 43.8 Å². The fraction of sp³-hybridized carbons (Fsp3) is 0.241. The molecule has 0 N–H and O–H groups in total. The number of sulfone groups is 1. The highest BCUT2D eigenvalue weighted by atomic mass is 32.2. The molecular formula is C29H23F5N2O4S. The molecule has 0 atom stereocenters. The van der Waals surface area contributed by atoms with E-state index >= 15 is 0 Å². The lowest BCUT2D eigenvalue weighted by Crippen LogP contribution is -2.29. The molecule has 2 aromatic carbocycles. The summed E-state index contributed by atoms with van der Waals surface area (Å²) < 4.78 is 101. The lowest BCUT2D eigenvalue weighted by atomic mass is 9.85. The fourth-order valence-corrected chi connectivity index (χ4v) is 4.88. The van der Waals surface area contributed by atoms with E-state index in [-0.39, 0.29) is 16.2 Å². The van der Waals surface area contributed by atoms with Crippen LogP contribution in [0.4, 0.5) is 22.0 Å². The first-order valence-corrected chi connectivity index (χ1v) is 13.9. The van der Waals surface area contributed by atoms with Crippen molar-refractivity contribution in [3.8, 4) is 28.7 Å². The Kier molecular flexibility index (Phi) is 7.47. The molecule has 2 heterocycles. The number of aromatic nitrogens is 1. The minimum Gasteiger partial charge on any atom is -0.462 e. The summed E-state index contributed by atoms with van der Waals surface area (Å²) in [6, 6.07) is 10.3. The summed E-state index contributed by atoms with van der Waals surface area (Å²) in [5.41, 5.74) is -3.83. The number of nitrogens with zero attached hydrogens (tertiary/aromatic N) is 2. The van der Waals surface area contributed by atoms with Crippen LogP contribution in [0.2, 0.25) is 0 Å². The molecule has 0 aliphatic heterocycles. The molecule has 4 rings (SSSR count). The standard InChI is InChI=1S/C29H23F5N2O4S/c1-28(2,3)19-7-17(8-21(10-19)41(4,38)39)18-9-26(40-15-18)25-12-23(29(32,33)34)22(13-35)27(37)36(25)14-16-5-6-20(30)11-24(16)31/h5-12,15H,14H2,1-4H3. The van der Waals surface area contributed by atoms with Crippen LogP contribution < -0.4 is 5.56 Å². The molecule has 214 valence electrons. The summed E-state index contributed by atoms with van der Waals surface area (Å²) >= 11 is 0. The molecule has 4 aromatic rings. The van der Waals surface area contributed by atoms with E-state index < -0.39 is 62.0 Å². The molecule has 6 nitrogen and oxygen atoms in total. The van der Waals surface area contributed by atoms with Crippen molar-refractivity contribution >= 4 is 9.84 Å². The van der Waals surface area contributed by atoms with Gasteiger partial charge in [-0.2, -0.15) is 18.4 Å². The Balaban J connectivity index is 1.97. The molecule has 41 heavy (non-hydrogen) atoms. The van der Waals surface area contributed by atoms with Crippen molar-refractivity contribution in [1.82, 2.24) is 4.57 Å². The van der Waals surface area contributed by atoms with Gasteiger partial charge in [0.1, 0.15) is 23.3 Å². The molecular weight excluding hydrogens is 567 g/mol. The van der Waals surface area contributed by atoms with E-state index in [0.717, 1.165) is 23.0 Å². The molecule has 0 radical (unpaired) electrons. The van der Waals surface area contributed by atoms with Gasteiger partial charge in [-0.25, -0.2) is 17.2 Å². The van der Waals surface area contributed by atoms with Crippen molar-refractivity contribution in [2.75, 3.05) is 6.26 Å². The summed E-state index contributed by atoms with van der Waals surface area (Å²) in [6.07, 6.45) is -2.86. The van der Waals surface area contributed by atoms with Gasteiger partial charge in [0.05, 0.1) is 29.0 Å². The first-order valence-electron chi connectivity index (χ1n) is 12.0. The Labute approximate surface area is 232 Å². The number of benzene rings is 2. The van der Waals surface area contributed by atoms with E-state index in [0.29, 0.717) is 28.8 Å². The topological polar surface area (TPSA) is 93.1 Å². The van der Waals surface area contributed by atoms with Gasteiger partial charge in [0.15, 0.2) is 15.6 Å². The Morgan fingerprint density at radius 3 is 2.22 bits per heavy atom. The van der Waals surface area contributed by atoms with E-state index in [9.17, 15) is 40.4 Å². The van der Waals surface area contributed by atoms with Gasteiger partial charge >= 0.3 is 6.18 Å². The quantitative estimate of drug-likeness (QED) is 0.242. The molecule has 0 saturated heterocycles. The summed E-state index contributed by atoms with van der Waals surface area (Å²) in [4.78, 5) is 13.2. The second-order valence-corrected chi connectivity index (χ2v) is 12.5. The third-order valence-electron chi connectivity index (χ3n) is 6.45. The third-order valence-corrected chi connectivity index (χ3v) is 7.54. The van der Waals surface area contributed by atoms with Crippen molar-refractivity contribution in [1.29, 1.82) is 5.26 Å². The SMILES string of the molecule is CC(C)(C)c1cc(-c2coc(-c3cc(C(F)(F)F)c(C#N)c(=O)n3Cc3ccc(F)cc3F)c2)cc(S(C)(=O)=O)c1. The van der Waals surface area contributed by atoms with Crippen LogP contribution in [0, 0.1) is 23.0 Å². The Morgan fingerprint density at radius 2 is 1.66 bits per heavy atom. The number of hydrogen-bond donors (Lipinski definition) is 0. The number of rotatable bonds is 5. The Morgan fingerprint density at radius 1 is 0.976 bits per heavy atom. The Hall–Kier alpha value is -4.24. The number of nitriles is 1. The second-order valence-electron chi connectivity index (χ2n) is 10.5. The van der Waals surface area contributed by atoms with Gasteiger partial charge in [-0.3, -0.25) is 9.36 Å². The van der Waals surface area contributed by atoms with E-state index in [1.165, 1.54) is 30.5 Å². The molecule has 0 amide bonds. The largest absolute Gasteiger partial charge is 0.462 e. The van der Waals surface area contributed by atoms with E-state index in [1.54, 1.807) is 6.07 Å². The summed E-state index contributed by atoms with van der Waals surface area (Å²) in [6.45, 7) is 4.99. The van der Waals surface area contributed by atoms with Gasteiger partial charge < -0.3 is 4.42 Å². The number of hydrogen-bond acceptors (Lipinski definition) is 5. The monoisotopic (exact) mass is 590 g/mol. The second kappa shape index (κ2) is 10.3. The minimum atomic E-state index is -5.08. The first-order chi connectivity index (χ1) is 18.9. The van der Waals surface area contributed by atoms with Crippen molar-refractivity contribution in [2.24, 2.45) is 0 Å². The van der Waals surface area contributed by atoms with Gasteiger partial charge in [-0.05, 0) is 46.9 Å².